The number of hydrogen-bond donors (Lipinski definition) is 0. The summed E-state index contributed by atoms with van der Waals surface area (Å²) in [7, 11) is 1.64. The molecule has 1 rings (SSSR count). The predicted molar refractivity (Wildman–Crippen MR) is 57.1 cm³/mol. The van der Waals surface area contributed by atoms with Gasteiger partial charge in [0.15, 0.2) is 6.10 Å². The molecule has 0 aliphatic carbocycles. The first-order valence-corrected chi connectivity index (χ1v) is 4.91. The molecule has 0 aliphatic heterocycles. The maximum absolute atomic E-state index is 8.99. The number of ether oxygens (including phenoxy) is 2. The molecule has 0 aliphatic rings. The predicted octanol–water partition coefficient (Wildman–Crippen LogP) is 2.43. The summed E-state index contributed by atoms with van der Waals surface area (Å²) in [6.45, 7) is 2.91. The Kier molecular flexibility index (Phi) is 4.82. The molecule has 1 aromatic rings. The van der Waals surface area contributed by atoms with Gasteiger partial charge in [0.25, 0.3) is 0 Å². The van der Waals surface area contributed by atoms with Crippen LogP contribution in [-0.2, 0) is 16.1 Å². The van der Waals surface area contributed by atoms with Gasteiger partial charge >= 0.3 is 0 Å². The smallest absolute Gasteiger partial charge is 0.169 e. The molecular weight excluding hydrogens is 190 g/mol. The van der Waals surface area contributed by atoms with Crippen molar-refractivity contribution in [2.45, 2.75) is 19.6 Å². The molecule has 3 heteroatoms. The van der Waals surface area contributed by atoms with Gasteiger partial charge in [0.05, 0.1) is 12.7 Å². The molecule has 0 amide bonds. The molecule has 1 atom stereocenters. The minimum Gasteiger partial charge on any atom is -0.380 e. The van der Waals surface area contributed by atoms with E-state index < -0.39 is 6.10 Å². The molecule has 80 valence electrons. The monoisotopic (exact) mass is 205 g/mol. The van der Waals surface area contributed by atoms with Crippen LogP contribution in [0.2, 0.25) is 0 Å². The summed E-state index contributed by atoms with van der Waals surface area (Å²) < 4.78 is 10.4. The largest absolute Gasteiger partial charge is 0.380 e. The Hall–Kier alpha value is -1.37. The molecule has 0 heterocycles. The second-order valence-corrected chi connectivity index (χ2v) is 3.10. The van der Waals surface area contributed by atoms with E-state index in [1.165, 1.54) is 0 Å². The molecule has 0 N–H and O–H groups in total. The highest BCUT2D eigenvalue weighted by molar-refractivity contribution is 5.31. The van der Waals surface area contributed by atoms with Crippen LogP contribution in [0.3, 0.4) is 0 Å². The Morgan fingerprint density at radius 2 is 2.13 bits per heavy atom. The summed E-state index contributed by atoms with van der Waals surface area (Å²) in [6.07, 6.45) is -0.499. The highest BCUT2D eigenvalue weighted by Crippen LogP contribution is 2.21. The molecule has 0 spiro atoms. The summed E-state index contributed by atoms with van der Waals surface area (Å²) >= 11 is 0. The van der Waals surface area contributed by atoms with E-state index in [-0.39, 0.29) is 0 Å². The van der Waals surface area contributed by atoms with Crippen LogP contribution in [0, 0.1) is 11.3 Å². The van der Waals surface area contributed by atoms with Crippen molar-refractivity contribution in [1.29, 1.82) is 5.26 Å². The third kappa shape index (κ3) is 3.05. The Morgan fingerprint density at radius 1 is 1.40 bits per heavy atom. The van der Waals surface area contributed by atoms with Gasteiger partial charge in [-0.1, -0.05) is 24.3 Å². The molecule has 0 saturated heterocycles. The fourth-order valence-electron chi connectivity index (χ4n) is 1.44. The number of nitrogens with zero attached hydrogens (tertiary/aromatic N) is 1. The van der Waals surface area contributed by atoms with Crippen LogP contribution in [0.25, 0.3) is 0 Å². The van der Waals surface area contributed by atoms with Crippen molar-refractivity contribution >= 4 is 0 Å². The topological polar surface area (TPSA) is 42.2 Å². The van der Waals surface area contributed by atoms with E-state index >= 15 is 0 Å². The van der Waals surface area contributed by atoms with Gasteiger partial charge < -0.3 is 9.47 Å². The van der Waals surface area contributed by atoms with Crippen LogP contribution in [0.4, 0.5) is 0 Å². The van der Waals surface area contributed by atoms with Crippen molar-refractivity contribution in [2.75, 3.05) is 13.7 Å². The van der Waals surface area contributed by atoms with Crippen molar-refractivity contribution in [3.63, 3.8) is 0 Å². The lowest BCUT2D eigenvalue weighted by molar-refractivity contribution is 0.0989. The maximum atomic E-state index is 8.99. The van der Waals surface area contributed by atoms with Crippen molar-refractivity contribution in [3.05, 3.63) is 35.4 Å². The quantitative estimate of drug-likeness (QED) is 0.741. The van der Waals surface area contributed by atoms with Crippen LogP contribution in [-0.4, -0.2) is 13.7 Å². The lowest BCUT2D eigenvalue weighted by Crippen LogP contribution is -2.05. The number of hydrogen-bond acceptors (Lipinski definition) is 3. The summed E-state index contributed by atoms with van der Waals surface area (Å²) in [5.74, 6) is 0. The Morgan fingerprint density at radius 3 is 2.73 bits per heavy atom. The van der Waals surface area contributed by atoms with Gasteiger partial charge in [-0.05, 0) is 12.5 Å². The van der Waals surface area contributed by atoms with Gasteiger partial charge in [0.2, 0.25) is 0 Å². The van der Waals surface area contributed by atoms with Crippen LogP contribution in [0.1, 0.15) is 24.2 Å². The number of rotatable bonds is 5. The third-order valence-corrected chi connectivity index (χ3v) is 2.09. The standard InChI is InChI=1S/C12H15NO2/c1-3-15-12(8-13)11-7-5-4-6-10(11)9-14-2/h4-7,12H,3,9H2,1-2H3. The zero-order valence-corrected chi connectivity index (χ0v) is 9.06. The molecule has 1 unspecified atom stereocenters. The van der Waals surface area contributed by atoms with Gasteiger partial charge in [-0.3, -0.25) is 0 Å². The average Bonchev–Trinajstić information content (AvgIpc) is 2.27. The Balaban J connectivity index is 2.95. The van der Waals surface area contributed by atoms with E-state index in [0.29, 0.717) is 13.2 Å². The van der Waals surface area contributed by atoms with Gasteiger partial charge in [0.1, 0.15) is 0 Å². The van der Waals surface area contributed by atoms with Gasteiger partial charge in [-0.15, -0.1) is 0 Å². The lowest BCUT2D eigenvalue weighted by atomic mass is 10.0. The zero-order valence-electron chi connectivity index (χ0n) is 9.06. The minimum absolute atomic E-state index is 0.499. The van der Waals surface area contributed by atoms with E-state index in [0.717, 1.165) is 11.1 Å². The number of methoxy groups -OCH3 is 1. The van der Waals surface area contributed by atoms with E-state index in [2.05, 4.69) is 6.07 Å². The van der Waals surface area contributed by atoms with E-state index in [1.807, 2.05) is 31.2 Å². The van der Waals surface area contributed by atoms with Crippen LogP contribution in [0.15, 0.2) is 24.3 Å². The van der Waals surface area contributed by atoms with Crippen LogP contribution >= 0.6 is 0 Å². The first kappa shape index (κ1) is 11.7. The summed E-state index contributed by atoms with van der Waals surface area (Å²) in [4.78, 5) is 0. The van der Waals surface area contributed by atoms with Crippen molar-refractivity contribution in [1.82, 2.24) is 0 Å². The second kappa shape index (κ2) is 6.18. The molecule has 1 aromatic carbocycles. The van der Waals surface area contributed by atoms with Crippen molar-refractivity contribution < 1.29 is 9.47 Å². The summed E-state index contributed by atoms with van der Waals surface area (Å²) in [5, 5.41) is 8.99. The van der Waals surface area contributed by atoms with Gasteiger partial charge in [-0.25, -0.2) is 0 Å². The second-order valence-electron chi connectivity index (χ2n) is 3.10. The molecule has 0 saturated carbocycles. The maximum Gasteiger partial charge on any atom is 0.169 e. The fourth-order valence-corrected chi connectivity index (χ4v) is 1.44. The molecule has 15 heavy (non-hydrogen) atoms. The summed E-state index contributed by atoms with van der Waals surface area (Å²) in [5.41, 5.74) is 1.89. The normalized spacial score (nSPS) is 12.1. The van der Waals surface area contributed by atoms with E-state index in [1.54, 1.807) is 7.11 Å². The molecule has 3 nitrogen and oxygen atoms in total. The summed E-state index contributed by atoms with van der Waals surface area (Å²) in [6, 6.07) is 9.82. The molecule has 0 aromatic heterocycles. The highest BCUT2D eigenvalue weighted by Gasteiger charge is 2.13. The average molecular weight is 205 g/mol. The van der Waals surface area contributed by atoms with Crippen molar-refractivity contribution in [3.8, 4) is 6.07 Å². The van der Waals surface area contributed by atoms with E-state index in [9.17, 15) is 0 Å². The Labute approximate surface area is 90.2 Å². The number of benzene rings is 1. The fraction of sp³-hybridized carbons (Fsp3) is 0.417. The molecule has 0 fully saturated rings. The zero-order chi connectivity index (χ0) is 11.1. The van der Waals surface area contributed by atoms with Crippen molar-refractivity contribution in [2.24, 2.45) is 0 Å². The SMILES string of the molecule is CCOC(C#N)c1ccccc1COC. The lowest BCUT2D eigenvalue weighted by Gasteiger charge is -2.13. The Bertz CT molecular complexity index is 344. The molecular formula is C12H15NO2. The molecule has 0 bridgehead atoms. The van der Waals surface area contributed by atoms with Gasteiger partial charge in [0, 0.05) is 19.3 Å². The number of nitriles is 1. The van der Waals surface area contributed by atoms with Gasteiger partial charge in [-0.2, -0.15) is 5.26 Å². The first-order valence-electron chi connectivity index (χ1n) is 4.91. The first-order chi connectivity index (χ1) is 7.33. The molecule has 0 radical (unpaired) electrons. The third-order valence-electron chi connectivity index (χ3n) is 2.09. The minimum atomic E-state index is -0.499. The van der Waals surface area contributed by atoms with Crippen LogP contribution in [0.5, 0.6) is 0 Å². The van der Waals surface area contributed by atoms with Crippen LogP contribution < -0.4 is 0 Å². The van der Waals surface area contributed by atoms with E-state index in [4.69, 9.17) is 14.7 Å². The highest BCUT2D eigenvalue weighted by atomic mass is 16.5.